The minimum Gasteiger partial charge on any atom is -0.493 e. The van der Waals surface area contributed by atoms with Crippen LogP contribution in [-0.4, -0.2) is 40.7 Å². The van der Waals surface area contributed by atoms with E-state index in [1.54, 1.807) is 32.2 Å². The molecule has 0 amide bonds. The molecule has 0 saturated carbocycles. The molecule has 0 saturated heterocycles. The highest BCUT2D eigenvalue weighted by Crippen LogP contribution is 2.45. The molecule has 0 radical (unpaired) electrons. The van der Waals surface area contributed by atoms with Gasteiger partial charge in [-0.3, -0.25) is 9.36 Å². The first-order chi connectivity index (χ1) is 14.9. The normalized spacial score (nSPS) is 11.3. The van der Waals surface area contributed by atoms with E-state index >= 15 is 0 Å². The minimum absolute atomic E-state index is 0.0602. The Hall–Kier alpha value is -3.58. The molecule has 4 rings (SSSR count). The van der Waals surface area contributed by atoms with Crippen LogP contribution in [0.15, 0.2) is 23.1 Å². The fourth-order valence-electron chi connectivity index (χ4n) is 3.64. The highest BCUT2D eigenvalue weighted by molar-refractivity contribution is 7.17. The molecular formula is C21H21N5O4S. The molecule has 3 aromatic heterocycles. The van der Waals surface area contributed by atoms with Crippen molar-refractivity contribution < 1.29 is 14.2 Å². The number of ether oxygens (including phenoxy) is 3. The van der Waals surface area contributed by atoms with Crippen molar-refractivity contribution in [3.05, 3.63) is 28.0 Å². The third-order valence-corrected chi connectivity index (χ3v) is 6.00. The van der Waals surface area contributed by atoms with Gasteiger partial charge in [-0.25, -0.2) is 9.67 Å². The zero-order valence-corrected chi connectivity index (χ0v) is 18.6. The fraction of sp³-hybridized carbons (Fsp3) is 0.333. The van der Waals surface area contributed by atoms with E-state index in [9.17, 15) is 10.1 Å². The molecule has 0 unspecified atom stereocenters. The van der Waals surface area contributed by atoms with E-state index in [0.29, 0.717) is 33.2 Å². The van der Waals surface area contributed by atoms with Crippen LogP contribution in [0.3, 0.4) is 0 Å². The zero-order chi connectivity index (χ0) is 22.3. The Balaban J connectivity index is 2.18. The van der Waals surface area contributed by atoms with Crippen molar-refractivity contribution in [1.29, 1.82) is 5.26 Å². The topological polar surface area (TPSA) is 104 Å². The Morgan fingerprint density at radius 2 is 1.81 bits per heavy atom. The Kier molecular flexibility index (Phi) is 5.29. The van der Waals surface area contributed by atoms with Crippen LogP contribution in [0, 0.1) is 11.3 Å². The molecule has 0 aliphatic rings. The number of benzene rings is 1. The molecule has 0 aliphatic heterocycles. The maximum absolute atomic E-state index is 12.7. The lowest BCUT2D eigenvalue weighted by Crippen LogP contribution is -2.12. The van der Waals surface area contributed by atoms with Crippen LogP contribution < -0.4 is 19.1 Å². The van der Waals surface area contributed by atoms with Crippen LogP contribution >= 0.6 is 11.3 Å². The second-order valence-electron chi connectivity index (χ2n) is 7.09. The van der Waals surface area contributed by atoms with Gasteiger partial charge in [0, 0.05) is 17.0 Å². The third-order valence-electron chi connectivity index (χ3n) is 5.02. The van der Waals surface area contributed by atoms with E-state index < -0.39 is 0 Å². The van der Waals surface area contributed by atoms with Crippen LogP contribution in [0.25, 0.3) is 32.5 Å². The summed E-state index contributed by atoms with van der Waals surface area (Å²) in [6, 6.07) is 5.77. The quantitative estimate of drug-likeness (QED) is 0.452. The summed E-state index contributed by atoms with van der Waals surface area (Å²) in [4.78, 5) is 17.2. The van der Waals surface area contributed by atoms with Gasteiger partial charge in [0.15, 0.2) is 22.8 Å². The van der Waals surface area contributed by atoms with Gasteiger partial charge in [-0.2, -0.15) is 10.4 Å². The van der Waals surface area contributed by atoms with Gasteiger partial charge in [-0.15, -0.1) is 0 Å². The molecule has 0 aliphatic carbocycles. The van der Waals surface area contributed by atoms with E-state index in [-0.39, 0.29) is 17.5 Å². The second-order valence-corrected chi connectivity index (χ2v) is 8.05. The Morgan fingerprint density at radius 1 is 1.13 bits per heavy atom. The summed E-state index contributed by atoms with van der Waals surface area (Å²) in [7, 11) is 4.65. The fourth-order valence-corrected chi connectivity index (χ4v) is 4.65. The van der Waals surface area contributed by atoms with Gasteiger partial charge in [0.1, 0.15) is 6.54 Å². The Morgan fingerprint density at radius 3 is 2.35 bits per heavy atom. The average molecular weight is 439 g/mol. The van der Waals surface area contributed by atoms with Gasteiger partial charge in [0.2, 0.25) is 5.75 Å². The Bertz CT molecular complexity index is 1370. The molecule has 160 valence electrons. The number of hydrogen-bond acceptors (Lipinski definition) is 8. The molecule has 4 aromatic rings. The first-order valence-corrected chi connectivity index (χ1v) is 10.3. The molecule has 10 heteroatoms. The third kappa shape index (κ3) is 3.18. The first kappa shape index (κ1) is 20.7. The van der Waals surface area contributed by atoms with E-state index in [1.807, 2.05) is 32.0 Å². The van der Waals surface area contributed by atoms with Gasteiger partial charge in [0.25, 0.3) is 0 Å². The lowest BCUT2D eigenvalue weighted by molar-refractivity contribution is 0.324. The monoisotopic (exact) mass is 439 g/mol. The molecular weight excluding hydrogens is 418 g/mol. The summed E-state index contributed by atoms with van der Waals surface area (Å²) in [5, 5.41) is 14.5. The number of fused-ring (bicyclic) bond motifs is 2. The molecule has 1 aromatic carbocycles. The number of pyridine rings is 1. The molecule has 0 fully saturated rings. The zero-order valence-electron chi connectivity index (χ0n) is 17.8. The number of aromatic nitrogens is 4. The Labute approximate surface area is 182 Å². The first-order valence-electron chi connectivity index (χ1n) is 9.53. The summed E-state index contributed by atoms with van der Waals surface area (Å²) in [6.07, 6.45) is 1.75. The van der Waals surface area contributed by atoms with Crippen LogP contribution in [-0.2, 0) is 6.54 Å². The predicted molar refractivity (Wildman–Crippen MR) is 118 cm³/mol. The van der Waals surface area contributed by atoms with E-state index in [0.717, 1.165) is 27.8 Å². The molecule has 3 heterocycles. The van der Waals surface area contributed by atoms with Crippen molar-refractivity contribution in [3.8, 4) is 34.4 Å². The summed E-state index contributed by atoms with van der Waals surface area (Å²) in [5.41, 5.74) is 2.64. The molecule has 0 N–H and O–H groups in total. The number of hydrogen-bond donors (Lipinski definition) is 0. The van der Waals surface area contributed by atoms with E-state index in [4.69, 9.17) is 19.2 Å². The van der Waals surface area contributed by atoms with Crippen molar-refractivity contribution in [2.45, 2.75) is 26.4 Å². The van der Waals surface area contributed by atoms with E-state index in [2.05, 4.69) is 5.10 Å². The number of nitriles is 1. The van der Waals surface area contributed by atoms with Gasteiger partial charge in [-0.05, 0) is 31.5 Å². The number of rotatable bonds is 6. The average Bonchev–Trinajstić information content (AvgIpc) is 3.32. The summed E-state index contributed by atoms with van der Waals surface area (Å²) in [5.74, 6) is 1.47. The molecule has 0 bridgehead atoms. The van der Waals surface area contributed by atoms with Crippen molar-refractivity contribution in [2.75, 3.05) is 21.3 Å². The second kappa shape index (κ2) is 7.92. The predicted octanol–water partition coefficient (Wildman–Crippen LogP) is 3.60. The SMILES string of the molecule is COc1cc(-c2c3cnn(C(C)C)c3nc3c2sc(=O)n3CC#N)cc(OC)c1OC. The van der Waals surface area contributed by atoms with E-state index in [1.165, 1.54) is 4.57 Å². The maximum Gasteiger partial charge on any atom is 0.310 e. The van der Waals surface area contributed by atoms with Crippen LogP contribution in [0.4, 0.5) is 0 Å². The van der Waals surface area contributed by atoms with Crippen molar-refractivity contribution in [1.82, 2.24) is 19.3 Å². The lowest BCUT2D eigenvalue weighted by atomic mass is 10.0. The van der Waals surface area contributed by atoms with Gasteiger partial charge >= 0.3 is 4.87 Å². The molecule has 0 atom stereocenters. The molecule has 31 heavy (non-hydrogen) atoms. The summed E-state index contributed by atoms with van der Waals surface area (Å²) in [6.45, 7) is 3.93. The van der Waals surface area contributed by atoms with Crippen LogP contribution in [0.2, 0.25) is 0 Å². The lowest BCUT2D eigenvalue weighted by Gasteiger charge is -2.15. The number of thiazole rings is 1. The number of nitrogens with zero attached hydrogens (tertiary/aromatic N) is 5. The standard InChI is InChI=1S/C21H21N5O4S/c1-11(2)26-19-13(10-23-26)16(18-20(24-19)25(7-6-22)21(27)31-18)12-8-14(28-3)17(30-5)15(9-12)29-4/h8-11H,7H2,1-5H3. The largest absolute Gasteiger partial charge is 0.493 e. The minimum atomic E-state index is -0.241. The molecule has 9 nitrogen and oxygen atoms in total. The highest BCUT2D eigenvalue weighted by Gasteiger charge is 2.23. The van der Waals surface area contributed by atoms with Gasteiger partial charge in [-0.1, -0.05) is 11.3 Å². The van der Waals surface area contributed by atoms with Crippen LogP contribution in [0.5, 0.6) is 17.2 Å². The van der Waals surface area contributed by atoms with Crippen molar-refractivity contribution >= 4 is 32.7 Å². The van der Waals surface area contributed by atoms with Crippen molar-refractivity contribution in [3.63, 3.8) is 0 Å². The highest BCUT2D eigenvalue weighted by atomic mass is 32.1. The summed E-state index contributed by atoms with van der Waals surface area (Å²) < 4.78 is 20.4. The van der Waals surface area contributed by atoms with Gasteiger partial charge < -0.3 is 14.2 Å². The maximum atomic E-state index is 12.7. The van der Waals surface area contributed by atoms with Crippen molar-refractivity contribution in [2.24, 2.45) is 0 Å². The van der Waals surface area contributed by atoms with Gasteiger partial charge in [0.05, 0.1) is 38.3 Å². The summed E-state index contributed by atoms with van der Waals surface area (Å²) >= 11 is 1.05. The smallest absolute Gasteiger partial charge is 0.310 e. The number of methoxy groups -OCH3 is 3. The molecule has 0 spiro atoms. The van der Waals surface area contributed by atoms with Crippen LogP contribution in [0.1, 0.15) is 19.9 Å².